The lowest BCUT2D eigenvalue weighted by molar-refractivity contribution is -0.131. The van der Waals surface area contributed by atoms with Gasteiger partial charge in [0, 0.05) is 6.08 Å². The van der Waals surface area contributed by atoms with Gasteiger partial charge in [0.1, 0.15) is 0 Å². The van der Waals surface area contributed by atoms with Gasteiger partial charge in [-0.2, -0.15) is 0 Å². The second kappa shape index (κ2) is 5.35. The smallest absolute Gasteiger partial charge is 0.329 e. The van der Waals surface area contributed by atoms with Gasteiger partial charge in [-0.3, -0.25) is 0 Å². The summed E-state index contributed by atoms with van der Waals surface area (Å²) < 4.78 is 0. The predicted octanol–water partition coefficient (Wildman–Crippen LogP) is 2.12. The van der Waals surface area contributed by atoms with Gasteiger partial charge >= 0.3 is 5.97 Å². The molecule has 0 fully saturated rings. The first kappa shape index (κ1) is 9.56. The number of allylic oxidation sites excluding steroid dienone is 1. The summed E-state index contributed by atoms with van der Waals surface area (Å²) in [6, 6.07) is 0. The van der Waals surface area contributed by atoms with Crippen molar-refractivity contribution in [3.8, 4) is 0 Å². The average molecular weight is 160 g/mol. The molecule has 0 amide bonds. The molecule has 2 nitrogen and oxygen atoms in total. The Hall–Kier alpha value is -0.440. The van der Waals surface area contributed by atoms with E-state index in [9.17, 15) is 4.79 Å². The summed E-state index contributed by atoms with van der Waals surface area (Å²) in [5, 5.41) is 8.29. The van der Waals surface area contributed by atoms with E-state index in [-0.39, 0.29) is 0 Å². The van der Waals surface area contributed by atoms with Crippen LogP contribution in [0.4, 0.5) is 0 Å². The van der Waals surface area contributed by atoms with Gasteiger partial charge in [-0.25, -0.2) is 4.79 Å². The fraction of sp³-hybridized carbons (Fsp3) is 0.571. The average Bonchev–Trinajstić information content (AvgIpc) is 1.82. The van der Waals surface area contributed by atoms with E-state index < -0.39 is 5.97 Å². The van der Waals surface area contributed by atoms with Gasteiger partial charge in [-0.1, -0.05) is 6.92 Å². The zero-order valence-corrected chi connectivity index (χ0v) is 7.07. The number of rotatable bonds is 4. The van der Waals surface area contributed by atoms with Crippen molar-refractivity contribution in [2.45, 2.75) is 20.3 Å². The molecule has 0 heterocycles. The first-order valence-corrected chi connectivity index (χ1v) is 4.19. The second-order valence-electron chi connectivity index (χ2n) is 1.94. The summed E-state index contributed by atoms with van der Waals surface area (Å²) in [5.41, 5.74) is 0. The highest BCUT2D eigenvalue weighted by Crippen LogP contribution is 2.14. The highest BCUT2D eigenvalue weighted by atomic mass is 32.2. The third kappa shape index (κ3) is 5.69. The van der Waals surface area contributed by atoms with Gasteiger partial charge in [-0.15, -0.1) is 11.8 Å². The predicted molar refractivity (Wildman–Crippen MR) is 44.1 cm³/mol. The van der Waals surface area contributed by atoms with Crippen LogP contribution in [0.1, 0.15) is 20.3 Å². The minimum atomic E-state index is -0.860. The van der Waals surface area contributed by atoms with Crippen LogP contribution >= 0.6 is 11.8 Å². The van der Waals surface area contributed by atoms with Crippen molar-refractivity contribution in [1.82, 2.24) is 0 Å². The third-order valence-electron chi connectivity index (χ3n) is 0.861. The number of carboxylic acids is 1. The van der Waals surface area contributed by atoms with Crippen molar-refractivity contribution in [3.63, 3.8) is 0 Å². The lowest BCUT2D eigenvalue weighted by Crippen LogP contribution is -1.88. The molecule has 0 aromatic heterocycles. The molecule has 10 heavy (non-hydrogen) atoms. The normalized spacial score (nSPS) is 11.6. The maximum absolute atomic E-state index is 10.1. The summed E-state index contributed by atoms with van der Waals surface area (Å²) in [4.78, 5) is 11.0. The Morgan fingerprint density at radius 1 is 1.70 bits per heavy atom. The number of carbonyl (C=O) groups is 1. The molecule has 1 N–H and O–H groups in total. The van der Waals surface area contributed by atoms with Crippen molar-refractivity contribution in [2.75, 3.05) is 5.75 Å². The van der Waals surface area contributed by atoms with E-state index in [0.29, 0.717) is 0 Å². The van der Waals surface area contributed by atoms with Gasteiger partial charge in [0.25, 0.3) is 0 Å². The van der Waals surface area contributed by atoms with Crippen LogP contribution in [0.15, 0.2) is 11.0 Å². The van der Waals surface area contributed by atoms with E-state index in [4.69, 9.17) is 5.11 Å². The topological polar surface area (TPSA) is 37.3 Å². The number of hydrogen-bond acceptors (Lipinski definition) is 2. The molecule has 0 saturated carbocycles. The van der Waals surface area contributed by atoms with Crippen LogP contribution < -0.4 is 0 Å². The van der Waals surface area contributed by atoms with Gasteiger partial charge in [-0.05, 0) is 24.0 Å². The zero-order valence-electron chi connectivity index (χ0n) is 6.26. The molecular formula is C7H12O2S. The van der Waals surface area contributed by atoms with Crippen LogP contribution in [0.2, 0.25) is 0 Å². The third-order valence-corrected chi connectivity index (χ3v) is 2.05. The minimum absolute atomic E-state index is 0.860. The molecule has 0 atom stereocenters. The van der Waals surface area contributed by atoms with Crippen LogP contribution in [0, 0.1) is 0 Å². The Kier molecular flexibility index (Phi) is 5.12. The summed E-state index contributed by atoms with van der Waals surface area (Å²) >= 11 is 1.58. The molecule has 0 rings (SSSR count). The highest BCUT2D eigenvalue weighted by Gasteiger charge is 1.92. The van der Waals surface area contributed by atoms with Crippen LogP contribution in [0.25, 0.3) is 0 Å². The molecular weight excluding hydrogens is 148 g/mol. The van der Waals surface area contributed by atoms with E-state index in [0.717, 1.165) is 17.1 Å². The maximum atomic E-state index is 10.1. The molecule has 0 bridgehead atoms. The number of carboxylic acid groups (broad SMARTS) is 1. The van der Waals surface area contributed by atoms with Crippen molar-refractivity contribution in [2.24, 2.45) is 0 Å². The molecule has 0 aliphatic heterocycles. The highest BCUT2D eigenvalue weighted by molar-refractivity contribution is 8.03. The summed E-state index contributed by atoms with van der Waals surface area (Å²) in [5.74, 6) is 0.136. The number of hydrogen-bond donors (Lipinski definition) is 1. The van der Waals surface area contributed by atoms with Gasteiger partial charge < -0.3 is 5.11 Å². The van der Waals surface area contributed by atoms with Gasteiger partial charge in [0.2, 0.25) is 0 Å². The first-order chi connectivity index (χ1) is 4.66. The molecule has 3 heteroatoms. The molecule has 0 saturated heterocycles. The molecule has 0 aromatic rings. The Bertz CT molecular complexity index is 141. The van der Waals surface area contributed by atoms with E-state index in [1.165, 1.54) is 6.08 Å². The summed E-state index contributed by atoms with van der Waals surface area (Å²) in [6.45, 7) is 3.88. The van der Waals surface area contributed by atoms with E-state index >= 15 is 0 Å². The van der Waals surface area contributed by atoms with Crippen LogP contribution in [0.5, 0.6) is 0 Å². The standard InChI is InChI=1S/C7H12O2S/c1-3-4-10-6(2)5-7(8)9/h5H,3-4H2,1-2H3,(H,8,9)/b6-5+. The van der Waals surface area contributed by atoms with Crippen LogP contribution in [-0.4, -0.2) is 16.8 Å². The van der Waals surface area contributed by atoms with Crippen molar-refractivity contribution in [3.05, 3.63) is 11.0 Å². The zero-order chi connectivity index (χ0) is 7.98. The fourth-order valence-electron chi connectivity index (χ4n) is 0.479. The van der Waals surface area contributed by atoms with E-state index in [1.54, 1.807) is 11.8 Å². The maximum Gasteiger partial charge on any atom is 0.329 e. The largest absolute Gasteiger partial charge is 0.478 e. The van der Waals surface area contributed by atoms with Crippen molar-refractivity contribution < 1.29 is 9.90 Å². The monoisotopic (exact) mass is 160 g/mol. The van der Waals surface area contributed by atoms with Gasteiger partial charge in [0.15, 0.2) is 0 Å². The fourth-order valence-corrected chi connectivity index (χ4v) is 1.19. The Labute approximate surface area is 65.3 Å². The van der Waals surface area contributed by atoms with Crippen LogP contribution in [-0.2, 0) is 4.79 Å². The minimum Gasteiger partial charge on any atom is -0.478 e. The molecule has 0 aliphatic carbocycles. The lowest BCUT2D eigenvalue weighted by atomic mass is 10.5. The molecule has 58 valence electrons. The van der Waals surface area contributed by atoms with Crippen molar-refractivity contribution in [1.29, 1.82) is 0 Å². The SMILES string of the molecule is CCCS/C(C)=C/C(=O)O. The molecule has 0 aliphatic rings. The molecule has 0 spiro atoms. The first-order valence-electron chi connectivity index (χ1n) is 3.20. The molecule has 0 radical (unpaired) electrons. The Morgan fingerprint density at radius 3 is 2.70 bits per heavy atom. The Balaban J connectivity index is 3.60. The number of thioether (sulfide) groups is 1. The number of aliphatic carboxylic acids is 1. The van der Waals surface area contributed by atoms with E-state index in [1.807, 2.05) is 6.92 Å². The lowest BCUT2D eigenvalue weighted by Gasteiger charge is -1.95. The van der Waals surface area contributed by atoms with Crippen LogP contribution in [0.3, 0.4) is 0 Å². The van der Waals surface area contributed by atoms with Gasteiger partial charge in [0.05, 0.1) is 0 Å². The second-order valence-corrected chi connectivity index (χ2v) is 3.28. The molecule has 0 unspecified atom stereocenters. The molecule has 0 aromatic carbocycles. The quantitative estimate of drug-likeness (QED) is 0.640. The van der Waals surface area contributed by atoms with E-state index in [2.05, 4.69) is 6.92 Å². The summed E-state index contributed by atoms with van der Waals surface area (Å²) in [7, 11) is 0. The Morgan fingerprint density at radius 2 is 2.30 bits per heavy atom. The summed E-state index contributed by atoms with van der Waals surface area (Å²) in [6.07, 6.45) is 2.32. The van der Waals surface area contributed by atoms with Crippen molar-refractivity contribution >= 4 is 17.7 Å².